The molecule has 1 aromatic heterocycles. The summed E-state index contributed by atoms with van der Waals surface area (Å²) in [5, 5.41) is 6.94. The van der Waals surface area contributed by atoms with Gasteiger partial charge >= 0.3 is 0 Å². The molecule has 1 aromatic rings. The second kappa shape index (κ2) is 6.20. The predicted molar refractivity (Wildman–Crippen MR) is 68.8 cm³/mol. The standard InChI is InChI=1S/C12H20N4O/c1-10(2)7-12(17)14-11-8-13-16(9-11)6-5-15(3)4/h7-9H,5-6H2,1-4H3,(H,14,17). The fourth-order valence-electron chi connectivity index (χ4n) is 1.29. The van der Waals surface area contributed by atoms with Crippen molar-refractivity contribution in [3.05, 3.63) is 24.0 Å². The van der Waals surface area contributed by atoms with Crippen LogP contribution in [0, 0.1) is 0 Å². The van der Waals surface area contributed by atoms with Gasteiger partial charge in [0.1, 0.15) is 0 Å². The number of rotatable bonds is 5. The largest absolute Gasteiger partial charge is 0.320 e. The molecule has 0 fully saturated rings. The van der Waals surface area contributed by atoms with E-state index in [0.717, 1.165) is 24.4 Å². The quantitative estimate of drug-likeness (QED) is 0.785. The minimum Gasteiger partial charge on any atom is -0.320 e. The van der Waals surface area contributed by atoms with Crippen molar-refractivity contribution in [2.45, 2.75) is 20.4 Å². The lowest BCUT2D eigenvalue weighted by Gasteiger charge is -2.08. The second-order valence-electron chi connectivity index (χ2n) is 4.51. The van der Waals surface area contributed by atoms with Crippen LogP contribution in [0.2, 0.25) is 0 Å². The molecule has 94 valence electrons. The third-order valence-corrected chi connectivity index (χ3v) is 2.10. The molecular weight excluding hydrogens is 216 g/mol. The normalized spacial score (nSPS) is 10.4. The van der Waals surface area contributed by atoms with Crippen LogP contribution in [-0.4, -0.2) is 41.2 Å². The van der Waals surface area contributed by atoms with Gasteiger partial charge in [0.25, 0.3) is 0 Å². The van der Waals surface area contributed by atoms with Gasteiger partial charge in [0.05, 0.1) is 18.4 Å². The van der Waals surface area contributed by atoms with E-state index in [-0.39, 0.29) is 5.91 Å². The first-order chi connectivity index (χ1) is 7.97. The number of hydrogen-bond donors (Lipinski definition) is 1. The molecule has 0 atom stereocenters. The lowest BCUT2D eigenvalue weighted by Crippen LogP contribution is -2.18. The Labute approximate surface area is 102 Å². The predicted octanol–water partition coefficient (Wildman–Crippen LogP) is 1.35. The van der Waals surface area contributed by atoms with Crippen LogP contribution in [0.3, 0.4) is 0 Å². The number of amides is 1. The minimum absolute atomic E-state index is 0.114. The summed E-state index contributed by atoms with van der Waals surface area (Å²) in [5.41, 5.74) is 1.70. The molecule has 0 aliphatic heterocycles. The van der Waals surface area contributed by atoms with Crippen LogP contribution in [0.1, 0.15) is 13.8 Å². The average molecular weight is 236 g/mol. The summed E-state index contributed by atoms with van der Waals surface area (Å²) in [6.45, 7) is 5.51. The zero-order chi connectivity index (χ0) is 12.8. The van der Waals surface area contributed by atoms with E-state index in [1.165, 1.54) is 0 Å². The molecule has 0 saturated carbocycles. The van der Waals surface area contributed by atoms with E-state index in [0.29, 0.717) is 0 Å². The van der Waals surface area contributed by atoms with Gasteiger partial charge in [-0.25, -0.2) is 0 Å². The molecule has 0 saturated heterocycles. The van der Waals surface area contributed by atoms with Crippen LogP contribution in [0.15, 0.2) is 24.0 Å². The molecular formula is C12H20N4O. The van der Waals surface area contributed by atoms with Crippen molar-refractivity contribution < 1.29 is 4.79 Å². The van der Waals surface area contributed by atoms with Crippen LogP contribution in [0.4, 0.5) is 5.69 Å². The summed E-state index contributed by atoms with van der Waals surface area (Å²) >= 11 is 0. The van der Waals surface area contributed by atoms with Crippen molar-refractivity contribution >= 4 is 11.6 Å². The van der Waals surface area contributed by atoms with E-state index < -0.39 is 0 Å². The van der Waals surface area contributed by atoms with Gasteiger partial charge < -0.3 is 10.2 Å². The summed E-state index contributed by atoms with van der Waals surface area (Å²) < 4.78 is 1.82. The Bertz CT molecular complexity index is 402. The van der Waals surface area contributed by atoms with E-state index >= 15 is 0 Å². The first kappa shape index (κ1) is 13.4. The monoisotopic (exact) mass is 236 g/mol. The first-order valence-electron chi connectivity index (χ1n) is 5.60. The lowest BCUT2D eigenvalue weighted by molar-refractivity contribution is -0.111. The van der Waals surface area contributed by atoms with Gasteiger partial charge in [-0.3, -0.25) is 9.48 Å². The van der Waals surface area contributed by atoms with Gasteiger partial charge in [0.2, 0.25) is 5.91 Å². The van der Waals surface area contributed by atoms with E-state index in [1.54, 1.807) is 12.3 Å². The Morgan fingerprint density at radius 2 is 2.24 bits per heavy atom. The van der Waals surface area contributed by atoms with Gasteiger partial charge in [-0.05, 0) is 27.9 Å². The van der Waals surface area contributed by atoms with Gasteiger partial charge in [-0.2, -0.15) is 5.10 Å². The maximum atomic E-state index is 11.5. The molecule has 5 nitrogen and oxygen atoms in total. The fraction of sp³-hybridized carbons (Fsp3) is 0.500. The van der Waals surface area contributed by atoms with Crippen LogP contribution >= 0.6 is 0 Å². The smallest absolute Gasteiger partial charge is 0.248 e. The molecule has 0 aromatic carbocycles. The summed E-state index contributed by atoms with van der Waals surface area (Å²) in [4.78, 5) is 13.6. The molecule has 1 heterocycles. The average Bonchev–Trinajstić information content (AvgIpc) is 2.61. The number of anilines is 1. The van der Waals surface area contributed by atoms with Crippen molar-refractivity contribution in [3.8, 4) is 0 Å². The summed E-state index contributed by atoms with van der Waals surface area (Å²) in [6.07, 6.45) is 5.06. The summed E-state index contributed by atoms with van der Waals surface area (Å²) in [7, 11) is 4.03. The SMILES string of the molecule is CC(C)=CC(=O)Nc1cnn(CCN(C)C)c1. The number of carbonyl (C=O) groups excluding carboxylic acids is 1. The number of nitrogens with zero attached hydrogens (tertiary/aromatic N) is 3. The van der Waals surface area contributed by atoms with Crippen LogP contribution in [0.25, 0.3) is 0 Å². The van der Waals surface area contributed by atoms with Gasteiger partial charge in [-0.1, -0.05) is 5.57 Å². The van der Waals surface area contributed by atoms with Gasteiger partial charge in [0, 0.05) is 18.8 Å². The molecule has 17 heavy (non-hydrogen) atoms. The Kier molecular flexibility index (Phi) is 4.90. The van der Waals surface area contributed by atoms with Gasteiger partial charge in [0.15, 0.2) is 0 Å². The summed E-state index contributed by atoms with van der Waals surface area (Å²) in [5.74, 6) is -0.114. The molecule has 0 unspecified atom stereocenters. The Morgan fingerprint density at radius 1 is 1.53 bits per heavy atom. The number of nitrogens with one attached hydrogen (secondary N) is 1. The minimum atomic E-state index is -0.114. The number of allylic oxidation sites excluding steroid dienone is 1. The fourth-order valence-corrected chi connectivity index (χ4v) is 1.29. The number of carbonyl (C=O) groups is 1. The van der Waals surface area contributed by atoms with Gasteiger partial charge in [-0.15, -0.1) is 0 Å². The number of aromatic nitrogens is 2. The second-order valence-corrected chi connectivity index (χ2v) is 4.51. The third kappa shape index (κ3) is 5.31. The molecule has 1 rings (SSSR count). The Balaban J connectivity index is 2.51. The van der Waals surface area contributed by atoms with E-state index in [2.05, 4.69) is 15.3 Å². The molecule has 0 aliphatic rings. The number of likely N-dealkylation sites (N-methyl/N-ethyl adjacent to an activating group) is 1. The lowest BCUT2D eigenvalue weighted by atomic mass is 10.3. The zero-order valence-corrected chi connectivity index (χ0v) is 10.9. The molecule has 0 aliphatic carbocycles. The van der Waals surface area contributed by atoms with Crippen LogP contribution < -0.4 is 5.32 Å². The maximum absolute atomic E-state index is 11.5. The van der Waals surface area contributed by atoms with Crippen molar-refractivity contribution in [2.24, 2.45) is 0 Å². The van der Waals surface area contributed by atoms with Crippen LogP contribution in [-0.2, 0) is 11.3 Å². The molecule has 5 heteroatoms. The molecule has 0 bridgehead atoms. The molecule has 1 amide bonds. The van der Waals surface area contributed by atoms with E-state index in [9.17, 15) is 4.79 Å². The first-order valence-corrected chi connectivity index (χ1v) is 5.60. The highest BCUT2D eigenvalue weighted by Crippen LogP contribution is 2.05. The van der Waals surface area contributed by atoms with Crippen molar-refractivity contribution in [1.82, 2.24) is 14.7 Å². The highest BCUT2D eigenvalue weighted by molar-refractivity contribution is 5.99. The molecule has 1 N–H and O–H groups in total. The van der Waals surface area contributed by atoms with Crippen molar-refractivity contribution in [2.75, 3.05) is 26.0 Å². The van der Waals surface area contributed by atoms with E-state index in [4.69, 9.17) is 0 Å². The summed E-state index contributed by atoms with van der Waals surface area (Å²) in [6, 6.07) is 0. The van der Waals surface area contributed by atoms with Crippen molar-refractivity contribution in [3.63, 3.8) is 0 Å². The Hall–Kier alpha value is -1.62. The maximum Gasteiger partial charge on any atom is 0.248 e. The van der Waals surface area contributed by atoms with E-state index in [1.807, 2.05) is 38.8 Å². The third-order valence-electron chi connectivity index (χ3n) is 2.10. The molecule has 0 radical (unpaired) electrons. The van der Waals surface area contributed by atoms with Crippen LogP contribution in [0.5, 0.6) is 0 Å². The highest BCUT2D eigenvalue weighted by Gasteiger charge is 2.02. The highest BCUT2D eigenvalue weighted by atomic mass is 16.1. The molecule has 0 spiro atoms. The zero-order valence-electron chi connectivity index (χ0n) is 10.9. The Morgan fingerprint density at radius 3 is 2.82 bits per heavy atom. The topological polar surface area (TPSA) is 50.2 Å². The van der Waals surface area contributed by atoms with Crippen molar-refractivity contribution in [1.29, 1.82) is 0 Å². The number of hydrogen-bond acceptors (Lipinski definition) is 3.